The monoisotopic (exact) mass is 471 g/mol. The second-order valence-electron chi connectivity index (χ2n) is 7.02. The van der Waals surface area contributed by atoms with Gasteiger partial charge in [0.2, 0.25) is 0 Å². The highest BCUT2D eigenvalue weighted by Crippen LogP contribution is 2.34. The number of halogens is 1. The summed E-state index contributed by atoms with van der Waals surface area (Å²) in [4.78, 5) is 24.2. The lowest BCUT2D eigenvalue weighted by Crippen LogP contribution is -2.30. The van der Waals surface area contributed by atoms with Crippen molar-refractivity contribution in [1.29, 1.82) is 0 Å². The molecule has 0 radical (unpaired) electrons. The van der Waals surface area contributed by atoms with Crippen molar-refractivity contribution < 1.29 is 13.2 Å². The molecule has 0 N–H and O–H groups in total. The first kappa shape index (κ1) is 21.4. The number of carbonyl (C=O) groups excluding carboxylic acids is 1. The van der Waals surface area contributed by atoms with Gasteiger partial charge in [0, 0.05) is 23.0 Å². The zero-order valence-corrected chi connectivity index (χ0v) is 19.1. The number of fused-ring (bicyclic) bond motifs is 1. The molecule has 2 aromatic heterocycles. The lowest BCUT2D eigenvalue weighted by atomic mass is 10.2. The number of sulfone groups is 1. The highest BCUT2D eigenvalue weighted by atomic mass is 35.5. The van der Waals surface area contributed by atoms with Gasteiger partial charge in [-0.05, 0) is 61.0 Å². The predicted octanol–water partition coefficient (Wildman–Crippen LogP) is 4.90. The first-order valence-electron chi connectivity index (χ1n) is 9.31. The number of rotatable bonds is 5. The number of thiazole rings is 1. The molecule has 1 amide bonds. The number of carbonyl (C=O) groups is 1. The van der Waals surface area contributed by atoms with Crippen LogP contribution in [0.15, 0.2) is 65.7 Å². The van der Waals surface area contributed by atoms with Crippen molar-refractivity contribution in [1.82, 2.24) is 9.97 Å². The summed E-state index contributed by atoms with van der Waals surface area (Å²) >= 11 is 7.63. The molecule has 0 fully saturated rings. The summed E-state index contributed by atoms with van der Waals surface area (Å²) in [6.45, 7) is 2.11. The van der Waals surface area contributed by atoms with E-state index in [2.05, 4.69) is 9.97 Å². The fourth-order valence-electron chi connectivity index (χ4n) is 3.08. The van der Waals surface area contributed by atoms with Gasteiger partial charge in [-0.25, -0.2) is 13.4 Å². The standard InChI is InChI=1S/C22H18ClN3O3S2/c1-14-18(23)10-11-19-20(14)25-22(30-19)26(13-16-5-3-4-12-24-16)21(27)15-6-8-17(9-7-15)31(2,28)29/h3-12H,13H2,1-2H3. The average Bonchev–Trinajstić information content (AvgIpc) is 3.19. The lowest BCUT2D eigenvalue weighted by Gasteiger charge is -2.19. The van der Waals surface area contributed by atoms with E-state index in [1.54, 1.807) is 11.1 Å². The Balaban J connectivity index is 1.77. The summed E-state index contributed by atoms with van der Waals surface area (Å²) in [5.74, 6) is -0.298. The molecular weight excluding hydrogens is 454 g/mol. The number of nitrogens with zero attached hydrogens (tertiary/aromatic N) is 3. The Labute approximate surface area is 189 Å². The summed E-state index contributed by atoms with van der Waals surface area (Å²) in [5.41, 5.74) is 2.66. The van der Waals surface area contributed by atoms with Gasteiger partial charge in [0.1, 0.15) is 0 Å². The van der Waals surface area contributed by atoms with Crippen LogP contribution in [0.4, 0.5) is 5.13 Å². The van der Waals surface area contributed by atoms with E-state index in [1.165, 1.54) is 35.6 Å². The molecule has 0 aliphatic carbocycles. The van der Waals surface area contributed by atoms with Crippen LogP contribution >= 0.6 is 22.9 Å². The molecule has 4 aromatic rings. The molecule has 0 bridgehead atoms. The Hall–Kier alpha value is -2.81. The highest BCUT2D eigenvalue weighted by Gasteiger charge is 2.23. The first-order valence-corrected chi connectivity index (χ1v) is 12.4. The molecule has 158 valence electrons. The normalized spacial score (nSPS) is 11.6. The number of aryl methyl sites for hydroxylation is 1. The van der Waals surface area contributed by atoms with Gasteiger partial charge < -0.3 is 0 Å². The van der Waals surface area contributed by atoms with Crippen LogP contribution < -0.4 is 4.90 Å². The van der Waals surface area contributed by atoms with Crippen LogP contribution in [0, 0.1) is 6.92 Å². The minimum Gasteiger partial charge on any atom is -0.278 e. The number of hydrogen-bond donors (Lipinski definition) is 0. The van der Waals surface area contributed by atoms with Crippen LogP contribution in [0.1, 0.15) is 21.6 Å². The Kier molecular flexibility index (Phi) is 5.79. The maximum atomic E-state index is 13.4. The number of amides is 1. The maximum absolute atomic E-state index is 13.4. The van der Waals surface area contributed by atoms with Crippen molar-refractivity contribution in [2.75, 3.05) is 11.2 Å². The summed E-state index contributed by atoms with van der Waals surface area (Å²) < 4.78 is 24.4. The van der Waals surface area contributed by atoms with Crippen molar-refractivity contribution >= 4 is 54.0 Å². The Morgan fingerprint density at radius 2 is 1.84 bits per heavy atom. The number of hydrogen-bond acceptors (Lipinski definition) is 6. The number of benzene rings is 2. The van der Waals surface area contributed by atoms with Crippen molar-refractivity contribution in [3.05, 3.63) is 82.6 Å². The smallest absolute Gasteiger partial charge is 0.260 e. The van der Waals surface area contributed by atoms with Crippen molar-refractivity contribution in [3.63, 3.8) is 0 Å². The van der Waals surface area contributed by atoms with Gasteiger partial charge in [0.15, 0.2) is 15.0 Å². The van der Waals surface area contributed by atoms with E-state index >= 15 is 0 Å². The lowest BCUT2D eigenvalue weighted by molar-refractivity contribution is 0.0984. The van der Waals surface area contributed by atoms with E-state index in [1.807, 2.05) is 37.3 Å². The molecule has 6 nitrogen and oxygen atoms in total. The van der Waals surface area contributed by atoms with E-state index in [0.29, 0.717) is 21.4 Å². The first-order chi connectivity index (χ1) is 14.7. The molecule has 0 aliphatic rings. The topological polar surface area (TPSA) is 80.2 Å². The largest absolute Gasteiger partial charge is 0.278 e. The minimum atomic E-state index is -3.35. The maximum Gasteiger partial charge on any atom is 0.260 e. The van der Waals surface area contributed by atoms with Crippen LogP contribution in [-0.4, -0.2) is 30.5 Å². The molecular formula is C22H18ClN3O3S2. The van der Waals surface area contributed by atoms with Crippen LogP contribution in [0.3, 0.4) is 0 Å². The average molecular weight is 472 g/mol. The Morgan fingerprint density at radius 3 is 2.48 bits per heavy atom. The number of anilines is 1. The molecule has 2 aromatic carbocycles. The van der Waals surface area contributed by atoms with Crippen LogP contribution in [0.5, 0.6) is 0 Å². The zero-order chi connectivity index (χ0) is 22.2. The second kappa shape index (κ2) is 8.37. The van der Waals surface area contributed by atoms with Gasteiger partial charge >= 0.3 is 0 Å². The molecule has 4 rings (SSSR count). The zero-order valence-electron chi connectivity index (χ0n) is 16.7. The third-order valence-electron chi connectivity index (χ3n) is 4.79. The number of pyridine rings is 1. The number of aromatic nitrogens is 2. The second-order valence-corrected chi connectivity index (χ2v) is 10.5. The minimum absolute atomic E-state index is 0.158. The van der Waals surface area contributed by atoms with E-state index in [0.717, 1.165) is 22.0 Å². The van der Waals surface area contributed by atoms with Gasteiger partial charge in [-0.2, -0.15) is 0 Å². The third-order valence-corrected chi connectivity index (χ3v) is 7.37. The Bertz CT molecular complexity index is 1370. The molecule has 0 saturated carbocycles. The summed E-state index contributed by atoms with van der Waals surface area (Å²) in [6.07, 6.45) is 2.80. The SMILES string of the molecule is Cc1c(Cl)ccc2sc(N(Cc3ccccn3)C(=O)c3ccc(S(C)(=O)=O)cc3)nc12. The van der Waals surface area contributed by atoms with E-state index in [-0.39, 0.29) is 17.3 Å². The molecule has 31 heavy (non-hydrogen) atoms. The molecule has 0 spiro atoms. The van der Waals surface area contributed by atoms with E-state index in [9.17, 15) is 13.2 Å². The van der Waals surface area contributed by atoms with Gasteiger partial charge in [0.05, 0.1) is 27.4 Å². The molecule has 0 saturated heterocycles. The van der Waals surface area contributed by atoms with Gasteiger partial charge in [0.25, 0.3) is 5.91 Å². The summed E-state index contributed by atoms with van der Waals surface area (Å²) in [5, 5.41) is 1.13. The van der Waals surface area contributed by atoms with Crippen LogP contribution in [0.2, 0.25) is 5.02 Å². The fraction of sp³-hybridized carbons (Fsp3) is 0.136. The molecule has 9 heteroatoms. The van der Waals surface area contributed by atoms with E-state index in [4.69, 9.17) is 11.6 Å². The predicted molar refractivity (Wildman–Crippen MR) is 124 cm³/mol. The molecule has 2 heterocycles. The quantitative estimate of drug-likeness (QED) is 0.413. The molecule has 0 atom stereocenters. The third kappa shape index (κ3) is 4.46. The summed E-state index contributed by atoms with van der Waals surface area (Å²) in [7, 11) is -3.35. The van der Waals surface area contributed by atoms with Crippen LogP contribution in [0.25, 0.3) is 10.2 Å². The van der Waals surface area contributed by atoms with E-state index < -0.39 is 9.84 Å². The molecule has 0 aliphatic heterocycles. The van der Waals surface area contributed by atoms with Gasteiger partial charge in [-0.3, -0.25) is 14.7 Å². The van der Waals surface area contributed by atoms with Crippen molar-refractivity contribution in [2.45, 2.75) is 18.4 Å². The van der Waals surface area contributed by atoms with Crippen molar-refractivity contribution in [2.24, 2.45) is 0 Å². The highest BCUT2D eigenvalue weighted by molar-refractivity contribution is 7.90. The summed E-state index contributed by atoms with van der Waals surface area (Å²) in [6, 6.07) is 15.1. The fourth-order valence-corrected chi connectivity index (χ4v) is 4.89. The van der Waals surface area contributed by atoms with Gasteiger partial charge in [-0.1, -0.05) is 29.0 Å². The van der Waals surface area contributed by atoms with Crippen molar-refractivity contribution in [3.8, 4) is 0 Å². The Morgan fingerprint density at radius 1 is 1.10 bits per heavy atom. The van der Waals surface area contributed by atoms with Crippen LogP contribution in [-0.2, 0) is 16.4 Å². The molecule has 0 unspecified atom stereocenters. The van der Waals surface area contributed by atoms with Gasteiger partial charge in [-0.15, -0.1) is 0 Å².